The third-order valence-electron chi connectivity index (χ3n) is 2.81. The molecule has 104 valence electrons. The first-order chi connectivity index (χ1) is 9.47. The third kappa shape index (κ3) is 3.17. The van der Waals surface area contributed by atoms with Crippen LogP contribution in [0.25, 0.3) is 0 Å². The van der Waals surface area contributed by atoms with Gasteiger partial charge >= 0.3 is 0 Å². The summed E-state index contributed by atoms with van der Waals surface area (Å²) in [5.74, 6) is -2.55. The fourth-order valence-electron chi connectivity index (χ4n) is 1.85. The molecular formula is C15H12F3NO. The lowest BCUT2D eigenvalue weighted by Gasteiger charge is -2.17. The van der Waals surface area contributed by atoms with Crippen LogP contribution in [0.15, 0.2) is 42.5 Å². The van der Waals surface area contributed by atoms with Crippen molar-refractivity contribution in [2.24, 2.45) is 0 Å². The Hall–Kier alpha value is -2.30. The van der Waals surface area contributed by atoms with Gasteiger partial charge in [-0.3, -0.25) is 4.79 Å². The molecule has 0 radical (unpaired) electrons. The topological polar surface area (TPSA) is 20.3 Å². The van der Waals surface area contributed by atoms with E-state index in [1.165, 1.54) is 30.1 Å². The molecule has 2 nitrogen and oxygen atoms in total. The van der Waals surface area contributed by atoms with Crippen molar-refractivity contribution >= 4 is 5.91 Å². The summed E-state index contributed by atoms with van der Waals surface area (Å²) >= 11 is 0. The lowest BCUT2D eigenvalue weighted by atomic mass is 10.1. The zero-order valence-corrected chi connectivity index (χ0v) is 10.7. The Bertz CT molecular complexity index is 643. The largest absolute Gasteiger partial charge is 0.337 e. The van der Waals surface area contributed by atoms with Crippen LogP contribution in [0, 0.1) is 17.5 Å². The van der Waals surface area contributed by atoms with E-state index in [1.54, 1.807) is 6.07 Å². The third-order valence-corrected chi connectivity index (χ3v) is 2.81. The Morgan fingerprint density at radius 3 is 2.45 bits per heavy atom. The molecular weight excluding hydrogens is 267 g/mol. The molecule has 2 rings (SSSR count). The van der Waals surface area contributed by atoms with Crippen LogP contribution in [0.4, 0.5) is 13.2 Å². The van der Waals surface area contributed by atoms with Crippen molar-refractivity contribution in [2.75, 3.05) is 7.05 Å². The fraction of sp³-hybridized carbons (Fsp3) is 0.133. The second-order valence-corrected chi connectivity index (χ2v) is 4.42. The molecule has 0 saturated carbocycles. The van der Waals surface area contributed by atoms with Crippen LogP contribution in [0.1, 0.15) is 15.9 Å². The van der Waals surface area contributed by atoms with Crippen molar-refractivity contribution in [1.82, 2.24) is 4.90 Å². The smallest absolute Gasteiger partial charge is 0.256 e. The van der Waals surface area contributed by atoms with Gasteiger partial charge in [-0.15, -0.1) is 0 Å². The molecule has 20 heavy (non-hydrogen) atoms. The quantitative estimate of drug-likeness (QED) is 0.843. The van der Waals surface area contributed by atoms with Gasteiger partial charge in [-0.1, -0.05) is 12.1 Å². The first-order valence-electron chi connectivity index (χ1n) is 5.92. The highest BCUT2D eigenvalue weighted by Gasteiger charge is 2.17. The number of carbonyl (C=O) groups is 1. The standard InChI is InChI=1S/C15H12F3NO/c1-19(9-10-3-2-4-11(16)7-10)15(20)13-8-12(17)5-6-14(13)18/h2-8H,9H2,1H3. The molecule has 1 amide bonds. The highest BCUT2D eigenvalue weighted by molar-refractivity contribution is 5.94. The second-order valence-electron chi connectivity index (χ2n) is 4.42. The summed E-state index contributed by atoms with van der Waals surface area (Å²) in [7, 11) is 1.44. The van der Waals surface area contributed by atoms with Gasteiger partial charge in [0.25, 0.3) is 5.91 Å². The summed E-state index contributed by atoms with van der Waals surface area (Å²) < 4.78 is 39.6. The van der Waals surface area contributed by atoms with Gasteiger partial charge in [-0.25, -0.2) is 13.2 Å². The number of amides is 1. The lowest BCUT2D eigenvalue weighted by Crippen LogP contribution is -2.27. The van der Waals surface area contributed by atoms with Gasteiger partial charge in [-0.05, 0) is 35.9 Å². The molecule has 0 bridgehead atoms. The van der Waals surface area contributed by atoms with E-state index < -0.39 is 23.4 Å². The number of hydrogen-bond donors (Lipinski definition) is 0. The number of rotatable bonds is 3. The first kappa shape index (κ1) is 14.1. The predicted molar refractivity (Wildman–Crippen MR) is 68.6 cm³/mol. The maximum absolute atomic E-state index is 13.5. The zero-order chi connectivity index (χ0) is 14.7. The molecule has 0 saturated heterocycles. The molecule has 0 unspecified atom stereocenters. The van der Waals surface area contributed by atoms with E-state index in [-0.39, 0.29) is 12.1 Å². The molecule has 0 fully saturated rings. The number of halogens is 3. The summed E-state index contributed by atoms with van der Waals surface area (Å²) in [6, 6.07) is 8.43. The van der Waals surface area contributed by atoms with Gasteiger partial charge < -0.3 is 4.90 Å². The minimum atomic E-state index is -0.789. The predicted octanol–water partition coefficient (Wildman–Crippen LogP) is 3.38. The maximum Gasteiger partial charge on any atom is 0.256 e. The molecule has 0 heterocycles. The van der Waals surface area contributed by atoms with Crippen LogP contribution in [0.5, 0.6) is 0 Å². The Morgan fingerprint density at radius 2 is 1.75 bits per heavy atom. The SMILES string of the molecule is CN(Cc1cccc(F)c1)C(=O)c1cc(F)ccc1F. The highest BCUT2D eigenvalue weighted by Crippen LogP contribution is 2.14. The van der Waals surface area contributed by atoms with Crippen molar-refractivity contribution in [3.05, 3.63) is 71.0 Å². The molecule has 0 aliphatic heterocycles. The van der Waals surface area contributed by atoms with Crippen molar-refractivity contribution in [1.29, 1.82) is 0 Å². The van der Waals surface area contributed by atoms with Gasteiger partial charge in [0.2, 0.25) is 0 Å². The Morgan fingerprint density at radius 1 is 1.05 bits per heavy atom. The number of benzene rings is 2. The van der Waals surface area contributed by atoms with Crippen molar-refractivity contribution in [2.45, 2.75) is 6.54 Å². The average molecular weight is 279 g/mol. The summed E-state index contributed by atoms with van der Waals surface area (Å²) in [4.78, 5) is 13.2. The lowest BCUT2D eigenvalue weighted by molar-refractivity contribution is 0.0779. The van der Waals surface area contributed by atoms with Gasteiger partial charge in [0.15, 0.2) is 0 Å². The van der Waals surface area contributed by atoms with Crippen LogP contribution in [-0.2, 0) is 6.54 Å². The summed E-state index contributed by atoms with van der Waals surface area (Å²) in [5.41, 5.74) is 0.224. The van der Waals surface area contributed by atoms with Crippen LogP contribution < -0.4 is 0 Å². The monoisotopic (exact) mass is 279 g/mol. The summed E-state index contributed by atoms with van der Waals surface area (Å²) in [6.07, 6.45) is 0. The minimum absolute atomic E-state index is 0.104. The van der Waals surface area contributed by atoms with Crippen LogP contribution in [0.2, 0.25) is 0 Å². The Kier molecular flexibility index (Phi) is 4.08. The fourth-order valence-corrected chi connectivity index (χ4v) is 1.85. The highest BCUT2D eigenvalue weighted by atomic mass is 19.1. The van der Waals surface area contributed by atoms with Gasteiger partial charge in [0.05, 0.1) is 5.56 Å². The number of carbonyl (C=O) groups excluding carboxylic acids is 1. The number of hydrogen-bond acceptors (Lipinski definition) is 1. The number of nitrogens with zero attached hydrogens (tertiary/aromatic N) is 1. The molecule has 2 aromatic carbocycles. The van der Waals surface area contributed by atoms with Crippen LogP contribution in [0.3, 0.4) is 0 Å². The van der Waals surface area contributed by atoms with E-state index in [1.807, 2.05) is 0 Å². The summed E-state index contributed by atoms with van der Waals surface area (Å²) in [5, 5.41) is 0. The molecule has 0 aliphatic rings. The normalized spacial score (nSPS) is 10.4. The Balaban J connectivity index is 2.18. The van der Waals surface area contributed by atoms with Gasteiger partial charge in [0, 0.05) is 13.6 Å². The Labute approximate surface area is 114 Å². The molecule has 2 aromatic rings. The van der Waals surface area contributed by atoms with Crippen LogP contribution in [-0.4, -0.2) is 17.9 Å². The van der Waals surface area contributed by atoms with Gasteiger partial charge in [-0.2, -0.15) is 0 Å². The van der Waals surface area contributed by atoms with E-state index in [0.29, 0.717) is 5.56 Å². The van der Waals surface area contributed by atoms with E-state index in [2.05, 4.69) is 0 Å². The zero-order valence-electron chi connectivity index (χ0n) is 10.7. The minimum Gasteiger partial charge on any atom is -0.337 e. The molecule has 0 aromatic heterocycles. The van der Waals surface area contributed by atoms with E-state index in [4.69, 9.17) is 0 Å². The maximum atomic E-state index is 13.5. The summed E-state index contributed by atoms with van der Waals surface area (Å²) in [6.45, 7) is 0.104. The molecule has 0 aliphatic carbocycles. The molecule has 0 N–H and O–H groups in total. The molecule has 5 heteroatoms. The molecule has 0 atom stereocenters. The van der Waals surface area contributed by atoms with Crippen molar-refractivity contribution in [3.8, 4) is 0 Å². The molecule has 0 spiro atoms. The van der Waals surface area contributed by atoms with Crippen molar-refractivity contribution < 1.29 is 18.0 Å². The van der Waals surface area contributed by atoms with Gasteiger partial charge in [0.1, 0.15) is 17.5 Å². The van der Waals surface area contributed by atoms with E-state index in [9.17, 15) is 18.0 Å². The van der Waals surface area contributed by atoms with Crippen molar-refractivity contribution in [3.63, 3.8) is 0 Å². The average Bonchev–Trinajstić information content (AvgIpc) is 2.40. The van der Waals surface area contributed by atoms with E-state index >= 15 is 0 Å². The second kappa shape index (κ2) is 5.77. The van der Waals surface area contributed by atoms with Crippen LogP contribution >= 0.6 is 0 Å². The van der Waals surface area contributed by atoms with E-state index in [0.717, 1.165) is 18.2 Å². The first-order valence-corrected chi connectivity index (χ1v) is 5.92.